The van der Waals surface area contributed by atoms with Crippen molar-refractivity contribution in [3.8, 4) is 11.9 Å². The first-order valence-electron chi connectivity index (χ1n) is 18.2. The number of imidazole rings is 1. The Morgan fingerprint density at radius 3 is 2.25 bits per heavy atom. The van der Waals surface area contributed by atoms with Gasteiger partial charge in [-0.15, -0.1) is 0 Å². The fourth-order valence-electron chi connectivity index (χ4n) is 6.98. The minimum Gasteiger partial charge on any atom is -0.476 e. The van der Waals surface area contributed by atoms with Crippen LogP contribution in [0.4, 0.5) is 10.7 Å². The minimum absolute atomic E-state index is 0.0162. The van der Waals surface area contributed by atoms with E-state index in [0.717, 1.165) is 68.6 Å². The number of likely N-dealkylation sites (tertiary alicyclic amines) is 1. The van der Waals surface area contributed by atoms with Gasteiger partial charge >= 0.3 is 6.09 Å². The smallest absolute Gasteiger partial charge is 0.410 e. The zero-order valence-corrected chi connectivity index (χ0v) is 30.5. The minimum atomic E-state index is -0.519. The number of nitrogens with one attached hydrogen (secondary N) is 1. The fraction of sp³-hybridized carbons (Fsp3) is 0.579. The average Bonchev–Trinajstić information content (AvgIpc) is 3.53. The Bertz CT molecular complexity index is 1660. The topological polar surface area (TPSA) is 146 Å². The third-order valence-electron chi connectivity index (χ3n) is 9.71. The maximum atomic E-state index is 13.4. The quantitative estimate of drug-likeness (QED) is 0.298. The molecule has 0 spiro atoms. The number of benzene rings is 1. The zero-order chi connectivity index (χ0) is 36.4. The van der Waals surface area contributed by atoms with Crippen molar-refractivity contribution in [2.45, 2.75) is 77.4 Å². The van der Waals surface area contributed by atoms with Crippen molar-refractivity contribution < 1.29 is 23.9 Å². The number of amides is 2. The lowest BCUT2D eigenvalue weighted by atomic mass is 9.84. The third kappa shape index (κ3) is 10.2. The second-order valence-corrected chi connectivity index (χ2v) is 14.5. The summed E-state index contributed by atoms with van der Waals surface area (Å²) in [5.74, 6) is 1.68. The molecular weight excluding hydrogens is 648 g/mol. The average molecular weight is 701 g/mol. The van der Waals surface area contributed by atoms with Gasteiger partial charge in [-0.3, -0.25) is 14.5 Å². The Labute approximate surface area is 300 Å². The predicted molar refractivity (Wildman–Crippen MR) is 195 cm³/mol. The maximum Gasteiger partial charge on any atom is 0.410 e. The number of ether oxygens (including phenoxy) is 2. The van der Waals surface area contributed by atoms with E-state index < -0.39 is 5.60 Å². The van der Waals surface area contributed by atoms with Crippen LogP contribution in [0, 0.1) is 17.2 Å². The van der Waals surface area contributed by atoms with Crippen LogP contribution in [0.1, 0.15) is 87.7 Å². The molecule has 1 N–H and O–H groups in total. The molecule has 4 heterocycles. The van der Waals surface area contributed by atoms with Crippen LogP contribution >= 0.6 is 0 Å². The highest BCUT2D eigenvalue weighted by atomic mass is 16.6. The number of hydrogen-bond donors (Lipinski definition) is 1. The van der Waals surface area contributed by atoms with Crippen molar-refractivity contribution in [2.24, 2.45) is 5.92 Å². The van der Waals surface area contributed by atoms with Crippen molar-refractivity contribution in [1.82, 2.24) is 29.2 Å². The molecule has 0 unspecified atom stereocenters. The first-order valence-corrected chi connectivity index (χ1v) is 18.2. The van der Waals surface area contributed by atoms with E-state index in [9.17, 15) is 14.4 Å². The van der Waals surface area contributed by atoms with Crippen molar-refractivity contribution in [3.63, 3.8) is 0 Å². The van der Waals surface area contributed by atoms with Crippen LogP contribution in [0.3, 0.4) is 0 Å². The number of carbonyl (C=O) groups is 3. The summed E-state index contributed by atoms with van der Waals surface area (Å²) in [5, 5.41) is 11.6. The second kappa shape index (κ2) is 17.5. The normalized spacial score (nSPS) is 19.7. The van der Waals surface area contributed by atoms with E-state index in [1.54, 1.807) is 35.4 Å². The number of anilines is 1. The van der Waals surface area contributed by atoms with Crippen molar-refractivity contribution in [1.29, 1.82) is 5.26 Å². The molecule has 274 valence electrons. The predicted octanol–water partition coefficient (Wildman–Crippen LogP) is 5.52. The molecule has 51 heavy (non-hydrogen) atoms. The van der Waals surface area contributed by atoms with Gasteiger partial charge in [-0.1, -0.05) is 18.6 Å². The molecule has 2 aliphatic heterocycles. The van der Waals surface area contributed by atoms with Gasteiger partial charge in [0.05, 0.1) is 23.3 Å². The van der Waals surface area contributed by atoms with Gasteiger partial charge in [0.2, 0.25) is 17.7 Å². The van der Waals surface area contributed by atoms with Gasteiger partial charge < -0.3 is 29.2 Å². The number of pyridine rings is 1. The van der Waals surface area contributed by atoms with E-state index in [4.69, 9.17) is 19.7 Å². The summed E-state index contributed by atoms with van der Waals surface area (Å²) in [4.78, 5) is 51.3. The van der Waals surface area contributed by atoms with Gasteiger partial charge in [-0.05, 0) is 84.5 Å². The molecule has 0 atom stereocenters. The molecule has 1 aliphatic carbocycles. The lowest BCUT2D eigenvalue weighted by Gasteiger charge is -2.38. The highest BCUT2D eigenvalue weighted by molar-refractivity contribution is 5.80. The fourth-order valence-corrected chi connectivity index (χ4v) is 6.98. The van der Waals surface area contributed by atoms with Crippen LogP contribution in [-0.2, 0) is 9.53 Å². The van der Waals surface area contributed by atoms with Crippen molar-refractivity contribution in [3.05, 3.63) is 47.7 Å². The molecule has 0 bridgehead atoms. The Hall–Kier alpha value is -4.70. The first kappa shape index (κ1) is 37.6. The molecule has 3 aromatic rings. The lowest BCUT2D eigenvalue weighted by Crippen LogP contribution is -2.53. The molecule has 13 nitrogen and oxygen atoms in total. The molecule has 3 aliphatic rings. The molecule has 6 rings (SSSR count). The second-order valence-electron chi connectivity index (χ2n) is 14.5. The molecule has 3 fully saturated rings. The number of nitrogens with zero attached hydrogens (tertiary/aromatic N) is 7. The van der Waals surface area contributed by atoms with Gasteiger partial charge in [0.1, 0.15) is 24.0 Å². The van der Waals surface area contributed by atoms with E-state index in [-0.39, 0.29) is 24.0 Å². The van der Waals surface area contributed by atoms with Gasteiger partial charge in [0.25, 0.3) is 0 Å². The summed E-state index contributed by atoms with van der Waals surface area (Å²) in [6, 6.07) is 10.7. The number of piperidine rings is 1. The molecule has 1 saturated carbocycles. The number of piperazine rings is 1. The zero-order valence-electron chi connectivity index (χ0n) is 30.5. The van der Waals surface area contributed by atoms with Crippen LogP contribution < -0.4 is 10.1 Å². The van der Waals surface area contributed by atoms with Gasteiger partial charge in [0, 0.05) is 63.4 Å². The number of aromatic nitrogens is 3. The molecule has 2 aromatic heterocycles. The van der Waals surface area contributed by atoms with Crippen molar-refractivity contribution in [2.75, 3.05) is 64.8 Å². The first-order chi connectivity index (χ1) is 24.6. The highest BCUT2D eigenvalue weighted by Crippen LogP contribution is 2.38. The maximum absolute atomic E-state index is 13.4. The largest absolute Gasteiger partial charge is 0.476 e. The monoisotopic (exact) mass is 700 g/mol. The molecule has 1 aromatic carbocycles. The molecule has 2 amide bonds. The van der Waals surface area contributed by atoms with Gasteiger partial charge in [0.15, 0.2) is 0 Å². The van der Waals surface area contributed by atoms with E-state index in [2.05, 4.69) is 19.8 Å². The van der Waals surface area contributed by atoms with Crippen LogP contribution in [-0.4, -0.2) is 113 Å². The Morgan fingerprint density at radius 1 is 0.980 bits per heavy atom. The van der Waals surface area contributed by atoms with E-state index >= 15 is 0 Å². The number of aldehydes is 1. The SMILES string of the molecule is CNc1nc2cnc(OCCN3CCCCC3)cc2n1C1CCC(C(=O)N2CCN(C(=O)OC(C)(C)C)CC2)CC1.N#Cc1ccc(C=O)cc1. The van der Waals surface area contributed by atoms with E-state index in [1.807, 2.05) is 44.9 Å². The summed E-state index contributed by atoms with van der Waals surface area (Å²) >= 11 is 0. The number of nitriles is 1. The van der Waals surface area contributed by atoms with E-state index in [1.165, 1.54) is 19.3 Å². The Kier molecular flexibility index (Phi) is 12.9. The summed E-state index contributed by atoms with van der Waals surface area (Å²) in [6.07, 6.45) is 9.61. The van der Waals surface area contributed by atoms with Crippen LogP contribution in [0.25, 0.3) is 11.0 Å². The molecule has 2 saturated heterocycles. The number of hydrogen-bond acceptors (Lipinski definition) is 10. The van der Waals surface area contributed by atoms with Crippen molar-refractivity contribution >= 4 is 35.3 Å². The Morgan fingerprint density at radius 2 is 1.65 bits per heavy atom. The summed E-state index contributed by atoms with van der Waals surface area (Å²) in [5.41, 5.74) is 2.52. The standard InChI is InChI=1S/C30H47N7O4.C8H5NO/c1-30(2,3)41-29(39)36-16-14-35(15-17-36)27(38)22-8-10-23(11-9-22)37-25-20-26(32-21-24(25)33-28(37)31-4)40-19-18-34-12-6-5-7-13-34;9-5-7-1-3-8(6-10)4-2-7/h20-23H,5-19H2,1-4H3,(H,31,33);1-4,6H. The van der Waals surface area contributed by atoms with Crippen LogP contribution in [0.2, 0.25) is 0 Å². The summed E-state index contributed by atoms with van der Waals surface area (Å²) in [7, 11) is 1.90. The lowest BCUT2D eigenvalue weighted by molar-refractivity contribution is -0.138. The number of carbonyl (C=O) groups excluding carboxylic acids is 3. The third-order valence-corrected chi connectivity index (χ3v) is 9.71. The summed E-state index contributed by atoms with van der Waals surface area (Å²) < 4.78 is 13.8. The van der Waals surface area contributed by atoms with E-state index in [0.29, 0.717) is 49.8 Å². The van der Waals surface area contributed by atoms with Crippen LogP contribution in [0.15, 0.2) is 36.5 Å². The molecular formula is C38H52N8O5. The Balaban J connectivity index is 0.000000435. The number of rotatable bonds is 8. The van der Waals surface area contributed by atoms with Gasteiger partial charge in [-0.25, -0.2) is 14.8 Å². The van der Waals surface area contributed by atoms with Gasteiger partial charge in [-0.2, -0.15) is 5.26 Å². The number of fused-ring (bicyclic) bond motifs is 1. The summed E-state index contributed by atoms with van der Waals surface area (Å²) in [6.45, 7) is 11.6. The molecule has 0 radical (unpaired) electrons. The highest BCUT2D eigenvalue weighted by Gasteiger charge is 2.34. The molecule has 13 heteroatoms. The van der Waals surface area contributed by atoms with Crippen LogP contribution in [0.5, 0.6) is 5.88 Å².